The highest BCUT2D eigenvalue weighted by molar-refractivity contribution is 5.80. The zero-order valence-corrected chi connectivity index (χ0v) is 16.2. The molecule has 0 bridgehead atoms. The Morgan fingerprint density at radius 1 is 1.28 bits per heavy atom. The molecule has 0 unspecified atom stereocenters. The normalized spacial score (nSPS) is 16.8. The van der Waals surface area contributed by atoms with Crippen molar-refractivity contribution >= 4 is 5.91 Å². The monoisotopic (exact) mass is 394 g/mol. The van der Waals surface area contributed by atoms with Gasteiger partial charge in [-0.1, -0.05) is 18.2 Å². The van der Waals surface area contributed by atoms with Crippen molar-refractivity contribution in [2.24, 2.45) is 5.73 Å². The molecule has 2 heterocycles. The van der Waals surface area contributed by atoms with Crippen LogP contribution in [0, 0.1) is 5.82 Å². The summed E-state index contributed by atoms with van der Waals surface area (Å²) in [7, 11) is 1.50. The highest BCUT2D eigenvalue weighted by atomic mass is 19.1. The standard InChI is InChI=1S/C22H23FN4O2/c1-29-17-9-10-18(19(23)12-17)21-15(13-26-11-5-8-20(26)22(24)28)14-27(25-21)16-6-3-2-4-7-16/h2-4,6-7,9-10,12,14,20H,5,8,11,13H2,1H3,(H2,24,28)/t20-/m0/s1. The first-order chi connectivity index (χ1) is 14.1. The molecule has 2 aromatic carbocycles. The number of rotatable bonds is 6. The predicted molar refractivity (Wildman–Crippen MR) is 108 cm³/mol. The Balaban J connectivity index is 1.76. The van der Waals surface area contributed by atoms with Crippen molar-refractivity contribution in [1.29, 1.82) is 0 Å². The van der Waals surface area contributed by atoms with E-state index in [-0.39, 0.29) is 11.9 Å². The summed E-state index contributed by atoms with van der Waals surface area (Å²) in [5.74, 6) is -0.282. The minimum absolute atomic E-state index is 0.302. The van der Waals surface area contributed by atoms with Gasteiger partial charge in [-0.2, -0.15) is 5.10 Å². The van der Waals surface area contributed by atoms with Crippen LogP contribution in [0.4, 0.5) is 4.39 Å². The summed E-state index contributed by atoms with van der Waals surface area (Å²) in [4.78, 5) is 13.8. The lowest BCUT2D eigenvalue weighted by Gasteiger charge is -2.21. The zero-order chi connectivity index (χ0) is 20.4. The first kappa shape index (κ1) is 19.1. The number of methoxy groups -OCH3 is 1. The molecule has 2 N–H and O–H groups in total. The van der Waals surface area contributed by atoms with Crippen molar-refractivity contribution in [2.75, 3.05) is 13.7 Å². The summed E-state index contributed by atoms with van der Waals surface area (Å²) in [6.07, 6.45) is 3.55. The van der Waals surface area contributed by atoms with Gasteiger partial charge in [-0.05, 0) is 43.7 Å². The van der Waals surface area contributed by atoms with Crippen molar-refractivity contribution in [3.05, 3.63) is 66.1 Å². The Hall–Kier alpha value is -3.19. The van der Waals surface area contributed by atoms with Gasteiger partial charge in [0, 0.05) is 29.9 Å². The van der Waals surface area contributed by atoms with E-state index in [1.807, 2.05) is 41.4 Å². The number of ether oxygens (including phenoxy) is 1. The molecule has 150 valence electrons. The third kappa shape index (κ3) is 3.86. The number of hydrogen-bond donors (Lipinski definition) is 1. The topological polar surface area (TPSA) is 73.4 Å². The largest absolute Gasteiger partial charge is 0.497 e. The van der Waals surface area contributed by atoms with Gasteiger partial charge in [0.15, 0.2) is 0 Å². The third-order valence-corrected chi connectivity index (χ3v) is 5.31. The van der Waals surface area contributed by atoms with E-state index in [1.165, 1.54) is 13.2 Å². The van der Waals surface area contributed by atoms with E-state index in [4.69, 9.17) is 10.5 Å². The first-order valence-electron chi connectivity index (χ1n) is 9.58. The molecule has 0 aliphatic carbocycles. The number of nitrogens with two attached hydrogens (primary N) is 1. The van der Waals surface area contributed by atoms with Crippen LogP contribution in [0.5, 0.6) is 5.75 Å². The molecule has 0 spiro atoms. The molecular formula is C22H23FN4O2. The summed E-state index contributed by atoms with van der Waals surface area (Å²) in [5.41, 5.74) is 8.22. The molecule has 1 aliphatic rings. The van der Waals surface area contributed by atoms with Crippen LogP contribution in [0.3, 0.4) is 0 Å². The molecule has 29 heavy (non-hydrogen) atoms. The summed E-state index contributed by atoms with van der Waals surface area (Å²) < 4.78 is 21.7. The quantitative estimate of drug-likeness (QED) is 0.697. The van der Waals surface area contributed by atoms with Crippen molar-refractivity contribution in [2.45, 2.75) is 25.4 Å². The smallest absolute Gasteiger partial charge is 0.234 e. The van der Waals surface area contributed by atoms with Gasteiger partial charge in [0.25, 0.3) is 0 Å². The van der Waals surface area contributed by atoms with Crippen molar-refractivity contribution in [3.63, 3.8) is 0 Å². The van der Waals surface area contributed by atoms with E-state index in [0.717, 1.165) is 30.6 Å². The SMILES string of the molecule is COc1ccc(-c2nn(-c3ccccc3)cc2CN2CCC[C@H]2C(N)=O)c(F)c1. The second kappa shape index (κ2) is 8.05. The number of primary amides is 1. The predicted octanol–water partition coefficient (Wildman–Crippen LogP) is 3.14. The first-order valence-corrected chi connectivity index (χ1v) is 9.58. The molecule has 0 radical (unpaired) electrons. The highest BCUT2D eigenvalue weighted by Crippen LogP contribution is 2.31. The maximum atomic E-state index is 14.8. The van der Waals surface area contributed by atoms with Gasteiger partial charge in [-0.15, -0.1) is 0 Å². The number of carbonyl (C=O) groups is 1. The Morgan fingerprint density at radius 2 is 2.07 bits per heavy atom. The van der Waals surface area contributed by atoms with Crippen molar-refractivity contribution in [1.82, 2.24) is 14.7 Å². The van der Waals surface area contributed by atoms with E-state index >= 15 is 0 Å². The number of hydrogen-bond acceptors (Lipinski definition) is 4. The van der Waals surface area contributed by atoms with E-state index in [1.54, 1.807) is 16.8 Å². The fourth-order valence-electron chi connectivity index (χ4n) is 3.84. The Kier molecular flexibility index (Phi) is 5.31. The number of para-hydroxylation sites is 1. The number of nitrogens with zero attached hydrogens (tertiary/aromatic N) is 3. The maximum Gasteiger partial charge on any atom is 0.234 e. The lowest BCUT2D eigenvalue weighted by molar-refractivity contribution is -0.122. The average molecular weight is 394 g/mol. The molecular weight excluding hydrogens is 371 g/mol. The van der Waals surface area contributed by atoms with Gasteiger partial charge in [0.2, 0.25) is 5.91 Å². The molecule has 3 aromatic rings. The van der Waals surface area contributed by atoms with Gasteiger partial charge in [0.05, 0.1) is 18.8 Å². The number of likely N-dealkylation sites (tertiary alicyclic amines) is 1. The number of aromatic nitrogens is 2. The van der Waals surface area contributed by atoms with E-state index in [0.29, 0.717) is 23.6 Å². The van der Waals surface area contributed by atoms with Crippen LogP contribution >= 0.6 is 0 Å². The third-order valence-electron chi connectivity index (χ3n) is 5.31. The summed E-state index contributed by atoms with van der Waals surface area (Å²) >= 11 is 0. The number of benzene rings is 2. The van der Waals surface area contributed by atoms with Crippen LogP contribution in [0.25, 0.3) is 16.9 Å². The fourth-order valence-corrected chi connectivity index (χ4v) is 3.84. The second-order valence-corrected chi connectivity index (χ2v) is 7.16. The average Bonchev–Trinajstić information content (AvgIpc) is 3.36. The van der Waals surface area contributed by atoms with E-state index in [2.05, 4.69) is 5.10 Å². The summed E-state index contributed by atoms with van der Waals surface area (Å²) in [5, 5.41) is 4.67. The minimum Gasteiger partial charge on any atom is -0.497 e. The number of halogens is 1. The molecule has 1 atom stereocenters. The van der Waals surface area contributed by atoms with Crippen LogP contribution in [0.1, 0.15) is 18.4 Å². The van der Waals surface area contributed by atoms with Crippen LogP contribution < -0.4 is 10.5 Å². The molecule has 1 aromatic heterocycles. The lowest BCUT2D eigenvalue weighted by Crippen LogP contribution is -2.39. The summed E-state index contributed by atoms with van der Waals surface area (Å²) in [6.45, 7) is 1.25. The minimum atomic E-state index is -0.406. The number of amides is 1. The Morgan fingerprint density at radius 3 is 2.76 bits per heavy atom. The Bertz CT molecular complexity index is 1020. The van der Waals surface area contributed by atoms with Crippen LogP contribution in [-0.4, -0.2) is 40.3 Å². The zero-order valence-electron chi connectivity index (χ0n) is 16.2. The lowest BCUT2D eigenvalue weighted by atomic mass is 10.1. The van der Waals surface area contributed by atoms with Gasteiger partial charge < -0.3 is 10.5 Å². The Labute approximate surface area is 168 Å². The van der Waals surface area contributed by atoms with Crippen LogP contribution in [0.2, 0.25) is 0 Å². The van der Waals surface area contributed by atoms with Gasteiger partial charge in [-0.25, -0.2) is 9.07 Å². The molecule has 0 saturated carbocycles. The van der Waals surface area contributed by atoms with Gasteiger partial charge in [-0.3, -0.25) is 9.69 Å². The van der Waals surface area contributed by atoms with Crippen LogP contribution in [0.15, 0.2) is 54.7 Å². The maximum absolute atomic E-state index is 14.8. The van der Waals surface area contributed by atoms with Gasteiger partial charge in [0.1, 0.15) is 17.3 Å². The highest BCUT2D eigenvalue weighted by Gasteiger charge is 2.30. The number of carbonyl (C=O) groups excluding carboxylic acids is 1. The molecule has 1 aliphatic heterocycles. The van der Waals surface area contributed by atoms with Crippen LogP contribution in [-0.2, 0) is 11.3 Å². The molecule has 6 nitrogen and oxygen atoms in total. The molecule has 1 amide bonds. The second-order valence-electron chi connectivity index (χ2n) is 7.16. The molecule has 4 rings (SSSR count). The van der Waals surface area contributed by atoms with E-state index < -0.39 is 5.82 Å². The van der Waals surface area contributed by atoms with E-state index in [9.17, 15) is 9.18 Å². The fraction of sp³-hybridized carbons (Fsp3) is 0.273. The van der Waals surface area contributed by atoms with Crippen molar-refractivity contribution in [3.8, 4) is 22.7 Å². The molecule has 1 fully saturated rings. The molecule has 7 heteroatoms. The van der Waals surface area contributed by atoms with Crippen molar-refractivity contribution < 1.29 is 13.9 Å². The molecule has 1 saturated heterocycles. The van der Waals surface area contributed by atoms with Gasteiger partial charge >= 0.3 is 0 Å². The summed E-state index contributed by atoms with van der Waals surface area (Å²) in [6, 6.07) is 14.1.